The zero-order chi connectivity index (χ0) is 17.8. The molecule has 0 spiro atoms. The maximum Gasteiger partial charge on any atom is 0.255 e. The van der Waals surface area contributed by atoms with Crippen molar-refractivity contribution in [2.24, 2.45) is 7.05 Å². The fraction of sp³-hybridized carbons (Fsp3) is 0.368. The predicted molar refractivity (Wildman–Crippen MR) is 94.8 cm³/mol. The largest absolute Gasteiger partial charge is 0.497 e. The number of carbonyl (C=O) groups excluding carboxylic acids is 2. The van der Waals surface area contributed by atoms with Gasteiger partial charge in [0, 0.05) is 51.2 Å². The number of methoxy groups -OCH3 is 1. The monoisotopic (exact) mass is 341 g/mol. The van der Waals surface area contributed by atoms with Gasteiger partial charge in [-0.05, 0) is 36.8 Å². The van der Waals surface area contributed by atoms with Crippen molar-refractivity contribution in [2.75, 3.05) is 33.3 Å². The van der Waals surface area contributed by atoms with E-state index in [1.54, 1.807) is 31.4 Å². The van der Waals surface area contributed by atoms with E-state index in [2.05, 4.69) is 0 Å². The van der Waals surface area contributed by atoms with Gasteiger partial charge >= 0.3 is 0 Å². The van der Waals surface area contributed by atoms with Gasteiger partial charge in [0.1, 0.15) is 5.75 Å². The average Bonchev–Trinajstić information content (AvgIpc) is 2.93. The Kier molecular flexibility index (Phi) is 5.07. The highest BCUT2D eigenvalue weighted by Crippen LogP contribution is 2.15. The first-order valence-electron chi connectivity index (χ1n) is 8.43. The number of hydrogen-bond donors (Lipinski definition) is 0. The summed E-state index contributed by atoms with van der Waals surface area (Å²) in [5, 5.41) is 0. The molecule has 0 radical (unpaired) electrons. The molecule has 6 heteroatoms. The second kappa shape index (κ2) is 7.42. The molecule has 0 unspecified atom stereocenters. The number of hydrogen-bond acceptors (Lipinski definition) is 3. The Morgan fingerprint density at radius 2 is 1.48 bits per heavy atom. The topological polar surface area (TPSA) is 54.8 Å². The molecule has 2 heterocycles. The Balaban J connectivity index is 1.64. The molecule has 0 bridgehead atoms. The second-order valence-corrected chi connectivity index (χ2v) is 6.23. The SMILES string of the molecule is COc1ccc(C(=O)N2CCCN(C(=O)c3ccn(C)c3)CC2)cc1. The van der Waals surface area contributed by atoms with Gasteiger partial charge in [-0.25, -0.2) is 0 Å². The first kappa shape index (κ1) is 17.1. The van der Waals surface area contributed by atoms with Gasteiger partial charge in [-0.2, -0.15) is 0 Å². The number of carbonyl (C=O) groups is 2. The first-order chi connectivity index (χ1) is 12.1. The number of amides is 2. The summed E-state index contributed by atoms with van der Waals surface area (Å²) in [6.45, 7) is 2.42. The van der Waals surface area contributed by atoms with Crippen LogP contribution in [0.4, 0.5) is 0 Å². The van der Waals surface area contributed by atoms with Crippen LogP contribution in [0.5, 0.6) is 5.75 Å². The molecule has 6 nitrogen and oxygen atoms in total. The minimum Gasteiger partial charge on any atom is -0.497 e. The highest BCUT2D eigenvalue weighted by atomic mass is 16.5. The molecule has 2 amide bonds. The number of benzene rings is 1. The van der Waals surface area contributed by atoms with E-state index in [0.29, 0.717) is 37.3 Å². The van der Waals surface area contributed by atoms with Crippen LogP contribution in [0.3, 0.4) is 0 Å². The lowest BCUT2D eigenvalue weighted by Crippen LogP contribution is -2.37. The lowest BCUT2D eigenvalue weighted by atomic mass is 10.2. The average molecular weight is 341 g/mol. The molecule has 1 aliphatic rings. The van der Waals surface area contributed by atoms with Gasteiger partial charge in [-0.1, -0.05) is 0 Å². The van der Waals surface area contributed by atoms with Gasteiger partial charge in [0.2, 0.25) is 0 Å². The van der Waals surface area contributed by atoms with E-state index >= 15 is 0 Å². The number of ether oxygens (including phenoxy) is 1. The third kappa shape index (κ3) is 3.84. The van der Waals surface area contributed by atoms with Crippen molar-refractivity contribution < 1.29 is 14.3 Å². The van der Waals surface area contributed by atoms with Crippen LogP contribution in [0.25, 0.3) is 0 Å². The van der Waals surface area contributed by atoms with Crippen molar-refractivity contribution in [1.82, 2.24) is 14.4 Å². The molecule has 0 saturated carbocycles. The van der Waals surface area contributed by atoms with Gasteiger partial charge in [-0.3, -0.25) is 9.59 Å². The molecule has 25 heavy (non-hydrogen) atoms. The number of nitrogens with zero attached hydrogens (tertiary/aromatic N) is 3. The summed E-state index contributed by atoms with van der Waals surface area (Å²) in [6, 6.07) is 8.96. The minimum absolute atomic E-state index is 0.00309. The van der Waals surface area contributed by atoms with E-state index < -0.39 is 0 Å². The van der Waals surface area contributed by atoms with Crippen LogP contribution in [0.15, 0.2) is 42.7 Å². The predicted octanol–water partition coefficient (Wildman–Crippen LogP) is 2.02. The minimum atomic E-state index is -0.00309. The molecule has 132 valence electrons. The van der Waals surface area contributed by atoms with E-state index in [9.17, 15) is 9.59 Å². The summed E-state index contributed by atoms with van der Waals surface area (Å²) in [4.78, 5) is 28.9. The molecule has 0 aliphatic carbocycles. The van der Waals surface area contributed by atoms with Crippen molar-refractivity contribution in [3.05, 3.63) is 53.9 Å². The highest BCUT2D eigenvalue weighted by Gasteiger charge is 2.23. The van der Waals surface area contributed by atoms with E-state index in [1.165, 1.54) is 0 Å². The molecule has 1 aliphatic heterocycles. The zero-order valence-electron chi connectivity index (χ0n) is 14.6. The molecule has 0 N–H and O–H groups in total. The van der Waals surface area contributed by atoms with Gasteiger partial charge in [-0.15, -0.1) is 0 Å². The van der Waals surface area contributed by atoms with Crippen LogP contribution in [-0.4, -0.2) is 59.5 Å². The third-order valence-corrected chi connectivity index (χ3v) is 4.49. The van der Waals surface area contributed by atoms with Crippen LogP contribution in [0.1, 0.15) is 27.1 Å². The Morgan fingerprint density at radius 3 is 2.00 bits per heavy atom. The summed E-state index contributed by atoms with van der Waals surface area (Å²) in [5.41, 5.74) is 1.33. The van der Waals surface area contributed by atoms with Gasteiger partial charge in [0.15, 0.2) is 0 Å². The van der Waals surface area contributed by atoms with Crippen LogP contribution in [0, 0.1) is 0 Å². The lowest BCUT2D eigenvalue weighted by molar-refractivity contribution is 0.0718. The van der Waals surface area contributed by atoms with E-state index in [4.69, 9.17) is 4.74 Å². The van der Waals surface area contributed by atoms with Crippen LogP contribution >= 0.6 is 0 Å². The van der Waals surface area contributed by atoms with Crippen molar-refractivity contribution in [3.8, 4) is 5.75 Å². The lowest BCUT2D eigenvalue weighted by Gasteiger charge is -2.22. The van der Waals surface area contributed by atoms with Crippen LogP contribution < -0.4 is 4.74 Å². The third-order valence-electron chi connectivity index (χ3n) is 4.49. The molecule has 0 atom stereocenters. The zero-order valence-corrected chi connectivity index (χ0v) is 14.6. The smallest absolute Gasteiger partial charge is 0.255 e. The molecule has 1 aromatic carbocycles. The van der Waals surface area contributed by atoms with Gasteiger partial charge in [0.25, 0.3) is 11.8 Å². The van der Waals surface area contributed by atoms with Crippen LogP contribution in [-0.2, 0) is 7.05 Å². The van der Waals surface area contributed by atoms with Crippen molar-refractivity contribution in [2.45, 2.75) is 6.42 Å². The van der Waals surface area contributed by atoms with Gasteiger partial charge < -0.3 is 19.1 Å². The van der Waals surface area contributed by atoms with Crippen molar-refractivity contribution in [1.29, 1.82) is 0 Å². The molecular weight excluding hydrogens is 318 g/mol. The first-order valence-corrected chi connectivity index (χ1v) is 8.43. The van der Waals surface area contributed by atoms with E-state index in [0.717, 1.165) is 12.2 Å². The number of aryl methyl sites for hydroxylation is 1. The summed E-state index contributed by atoms with van der Waals surface area (Å²) in [6.07, 6.45) is 4.47. The van der Waals surface area contributed by atoms with Crippen LogP contribution in [0.2, 0.25) is 0 Å². The summed E-state index contributed by atoms with van der Waals surface area (Å²) in [5.74, 6) is 0.753. The molecule has 3 rings (SSSR count). The summed E-state index contributed by atoms with van der Waals surface area (Å²) in [7, 11) is 3.50. The number of rotatable bonds is 3. The maximum absolute atomic E-state index is 12.7. The Bertz CT molecular complexity index is 752. The molecule has 1 saturated heterocycles. The Labute approximate surface area is 147 Å². The Hall–Kier alpha value is -2.76. The highest BCUT2D eigenvalue weighted by molar-refractivity contribution is 5.95. The molecule has 1 aromatic heterocycles. The standard InChI is InChI=1S/C19H23N3O3/c1-20-11-8-16(14-20)19(24)22-10-3-9-21(12-13-22)18(23)15-4-6-17(25-2)7-5-15/h4-8,11,14H,3,9-10,12-13H2,1-2H3. The van der Waals surface area contributed by atoms with Gasteiger partial charge in [0.05, 0.1) is 12.7 Å². The van der Waals surface area contributed by atoms with Crippen molar-refractivity contribution >= 4 is 11.8 Å². The molecule has 2 aromatic rings. The van der Waals surface area contributed by atoms with E-state index in [-0.39, 0.29) is 11.8 Å². The molecule has 1 fully saturated rings. The summed E-state index contributed by atoms with van der Waals surface area (Å²) < 4.78 is 6.99. The molecular formula is C19H23N3O3. The Morgan fingerprint density at radius 1 is 0.880 bits per heavy atom. The maximum atomic E-state index is 12.7. The second-order valence-electron chi connectivity index (χ2n) is 6.23. The summed E-state index contributed by atoms with van der Waals surface area (Å²) >= 11 is 0. The van der Waals surface area contributed by atoms with Crippen molar-refractivity contribution in [3.63, 3.8) is 0 Å². The fourth-order valence-corrected chi connectivity index (χ4v) is 3.05. The normalized spacial score (nSPS) is 15.0. The number of aromatic nitrogens is 1. The quantitative estimate of drug-likeness (QED) is 0.858. The van der Waals surface area contributed by atoms with E-state index in [1.807, 2.05) is 39.9 Å². The fourth-order valence-electron chi connectivity index (χ4n) is 3.05.